The number of rotatable bonds is 5. The number of hydrogen-bond acceptors (Lipinski definition) is 4. The first kappa shape index (κ1) is 18.6. The molecule has 1 atom stereocenters. The number of nitro benzene ring substituents is 1. The maximum atomic E-state index is 12.5. The van der Waals surface area contributed by atoms with Crippen LogP contribution in [0.25, 0.3) is 0 Å². The summed E-state index contributed by atoms with van der Waals surface area (Å²) < 4.78 is 0. The van der Waals surface area contributed by atoms with Crippen molar-refractivity contribution >= 4 is 23.2 Å². The number of nitrogens with zero attached hydrogens (tertiary/aromatic N) is 2. The van der Waals surface area contributed by atoms with Crippen molar-refractivity contribution in [2.75, 3.05) is 11.9 Å². The zero-order chi connectivity index (χ0) is 19.6. The minimum atomic E-state index is -0.479. The number of aryl methyl sites for hydroxylation is 2. The van der Waals surface area contributed by atoms with Gasteiger partial charge in [0, 0.05) is 36.8 Å². The molecular formula is C20H21N3O4. The molecule has 1 heterocycles. The van der Waals surface area contributed by atoms with Crippen LogP contribution in [-0.2, 0) is 16.1 Å². The van der Waals surface area contributed by atoms with Gasteiger partial charge in [-0.25, -0.2) is 0 Å². The molecule has 1 saturated heterocycles. The van der Waals surface area contributed by atoms with E-state index in [-0.39, 0.29) is 23.9 Å². The third-order valence-corrected chi connectivity index (χ3v) is 4.75. The molecule has 1 N–H and O–H groups in total. The Morgan fingerprint density at radius 1 is 1.22 bits per heavy atom. The maximum Gasteiger partial charge on any atom is 0.274 e. The third kappa shape index (κ3) is 4.31. The van der Waals surface area contributed by atoms with Crippen LogP contribution in [0, 0.1) is 29.9 Å². The highest BCUT2D eigenvalue weighted by molar-refractivity contribution is 5.97. The molecule has 7 heteroatoms. The van der Waals surface area contributed by atoms with E-state index in [9.17, 15) is 19.7 Å². The molecule has 2 aromatic carbocycles. The fourth-order valence-corrected chi connectivity index (χ4v) is 3.14. The summed E-state index contributed by atoms with van der Waals surface area (Å²) in [5, 5.41) is 13.7. The van der Waals surface area contributed by atoms with Gasteiger partial charge < -0.3 is 10.2 Å². The molecule has 7 nitrogen and oxygen atoms in total. The van der Waals surface area contributed by atoms with Crippen LogP contribution in [0.3, 0.4) is 0 Å². The van der Waals surface area contributed by atoms with Gasteiger partial charge in [0.1, 0.15) is 0 Å². The Morgan fingerprint density at radius 3 is 2.59 bits per heavy atom. The summed E-state index contributed by atoms with van der Waals surface area (Å²) in [6.45, 7) is 4.45. The van der Waals surface area contributed by atoms with Crippen LogP contribution in [-0.4, -0.2) is 28.2 Å². The lowest BCUT2D eigenvalue weighted by molar-refractivity contribution is -0.385. The van der Waals surface area contributed by atoms with Gasteiger partial charge in [-0.15, -0.1) is 0 Å². The molecule has 1 aliphatic heterocycles. The average molecular weight is 367 g/mol. The van der Waals surface area contributed by atoms with Crippen molar-refractivity contribution in [2.45, 2.75) is 26.8 Å². The molecule has 1 aliphatic rings. The second-order valence-electron chi connectivity index (χ2n) is 6.91. The summed E-state index contributed by atoms with van der Waals surface area (Å²) in [4.78, 5) is 37.0. The van der Waals surface area contributed by atoms with E-state index in [0.29, 0.717) is 24.3 Å². The fourth-order valence-electron chi connectivity index (χ4n) is 3.14. The smallest absolute Gasteiger partial charge is 0.274 e. The van der Waals surface area contributed by atoms with Gasteiger partial charge in [-0.1, -0.05) is 35.9 Å². The highest BCUT2D eigenvalue weighted by atomic mass is 16.6. The first-order chi connectivity index (χ1) is 12.8. The Balaban J connectivity index is 1.64. The number of anilines is 1. The van der Waals surface area contributed by atoms with Crippen LogP contribution in [0.2, 0.25) is 0 Å². The van der Waals surface area contributed by atoms with E-state index < -0.39 is 10.8 Å². The molecule has 27 heavy (non-hydrogen) atoms. The summed E-state index contributed by atoms with van der Waals surface area (Å²) >= 11 is 0. The first-order valence-electron chi connectivity index (χ1n) is 8.72. The molecule has 2 amide bonds. The minimum Gasteiger partial charge on any atom is -0.338 e. The zero-order valence-corrected chi connectivity index (χ0v) is 15.3. The van der Waals surface area contributed by atoms with Crippen molar-refractivity contribution in [3.8, 4) is 0 Å². The van der Waals surface area contributed by atoms with Crippen LogP contribution < -0.4 is 5.32 Å². The van der Waals surface area contributed by atoms with Crippen molar-refractivity contribution in [1.82, 2.24) is 4.90 Å². The molecule has 0 radical (unpaired) electrons. The van der Waals surface area contributed by atoms with Gasteiger partial charge in [-0.05, 0) is 25.5 Å². The number of amides is 2. The Labute approximate surface area is 157 Å². The molecule has 1 unspecified atom stereocenters. The molecule has 1 fully saturated rings. The zero-order valence-electron chi connectivity index (χ0n) is 15.3. The molecule has 0 saturated carbocycles. The topological polar surface area (TPSA) is 92.6 Å². The molecular weight excluding hydrogens is 346 g/mol. The Bertz CT molecular complexity index is 893. The van der Waals surface area contributed by atoms with E-state index in [1.54, 1.807) is 24.0 Å². The van der Waals surface area contributed by atoms with Gasteiger partial charge in [0.05, 0.1) is 10.8 Å². The van der Waals surface area contributed by atoms with E-state index in [4.69, 9.17) is 0 Å². The van der Waals surface area contributed by atoms with Crippen molar-refractivity contribution in [2.24, 2.45) is 5.92 Å². The number of likely N-dealkylation sites (tertiary alicyclic amines) is 1. The maximum absolute atomic E-state index is 12.5. The number of carbonyl (C=O) groups excluding carboxylic acids is 2. The average Bonchev–Trinajstić information content (AvgIpc) is 2.99. The third-order valence-electron chi connectivity index (χ3n) is 4.75. The number of benzene rings is 2. The van der Waals surface area contributed by atoms with Gasteiger partial charge in [0.2, 0.25) is 11.8 Å². The Morgan fingerprint density at radius 2 is 1.93 bits per heavy atom. The predicted octanol–water partition coefficient (Wildman–Crippen LogP) is 3.20. The lowest BCUT2D eigenvalue weighted by Gasteiger charge is -2.17. The number of carbonyl (C=O) groups is 2. The Kier molecular flexibility index (Phi) is 5.21. The summed E-state index contributed by atoms with van der Waals surface area (Å²) in [5.41, 5.74) is 3.01. The van der Waals surface area contributed by atoms with Crippen LogP contribution in [0.1, 0.15) is 23.1 Å². The van der Waals surface area contributed by atoms with E-state index in [0.717, 1.165) is 11.1 Å². The van der Waals surface area contributed by atoms with Crippen LogP contribution in [0.4, 0.5) is 11.4 Å². The normalized spacial score (nSPS) is 16.4. The molecule has 2 aromatic rings. The van der Waals surface area contributed by atoms with Gasteiger partial charge in [-0.3, -0.25) is 19.7 Å². The second kappa shape index (κ2) is 7.57. The predicted molar refractivity (Wildman–Crippen MR) is 101 cm³/mol. The number of nitro groups is 1. The summed E-state index contributed by atoms with van der Waals surface area (Å²) in [6, 6.07) is 12.5. The number of nitrogens with one attached hydrogen (secondary N) is 1. The van der Waals surface area contributed by atoms with Crippen molar-refractivity contribution in [1.29, 1.82) is 0 Å². The lowest BCUT2D eigenvalue weighted by atomic mass is 10.1. The van der Waals surface area contributed by atoms with Crippen molar-refractivity contribution in [3.05, 3.63) is 69.3 Å². The van der Waals surface area contributed by atoms with Crippen molar-refractivity contribution in [3.63, 3.8) is 0 Å². The number of hydrogen-bond donors (Lipinski definition) is 1. The quantitative estimate of drug-likeness (QED) is 0.649. The van der Waals surface area contributed by atoms with E-state index in [2.05, 4.69) is 5.32 Å². The molecule has 0 aromatic heterocycles. The van der Waals surface area contributed by atoms with Gasteiger partial charge >= 0.3 is 0 Å². The summed E-state index contributed by atoms with van der Waals surface area (Å²) in [7, 11) is 0. The standard InChI is InChI=1S/C20H21N3O4/c1-13-3-6-15(7-4-13)11-22-12-16(9-19(22)24)20(25)21-17-8-5-14(2)18(10-17)23(26)27/h3-8,10,16H,9,11-12H2,1-2H3,(H,21,25). The molecule has 3 rings (SSSR count). The fraction of sp³-hybridized carbons (Fsp3) is 0.300. The molecule has 0 spiro atoms. The monoisotopic (exact) mass is 367 g/mol. The van der Waals surface area contributed by atoms with Gasteiger partial charge in [0.25, 0.3) is 5.69 Å². The van der Waals surface area contributed by atoms with Gasteiger partial charge in [-0.2, -0.15) is 0 Å². The molecule has 0 aliphatic carbocycles. The SMILES string of the molecule is Cc1ccc(CN2CC(C(=O)Nc3ccc(C)c([N+](=O)[O-])c3)CC2=O)cc1. The second-order valence-corrected chi connectivity index (χ2v) is 6.91. The highest BCUT2D eigenvalue weighted by Crippen LogP contribution is 2.25. The van der Waals surface area contributed by atoms with Gasteiger partial charge in [0.15, 0.2) is 0 Å². The largest absolute Gasteiger partial charge is 0.338 e. The first-order valence-corrected chi connectivity index (χ1v) is 8.72. The van der Waals surface area contributed by atoms with E-state index in [1.807, 2.05) is 31.2 Å². The van der Waals surface area contributed by atoms with E-state index >= 15 is 0 Å². The highest BCUT2D eigenvalue weighted by Gasteiger charge is 2.34. The Hall–Kier alpha value is -3.22. The molecule has 140 valence electrons. The summed E-state index contributed by atoms with van der Waals surface area (Å²) in [6.07, 6.45) is 0.144. The summed E-state index contributed by atoms with van der Waals surface area (Å²) in [5.74, 6) is -0.832. The lowest BCUT2D eigenvalue weighted by Crippen LogP contribution is -2.28. The van der Waals surface area contributed by atoms with Crippen LogP contribution >= 0.6 is 0 Å². The van der Waals surface area contributed by atoms with E-state index in [1.165, 1.54) is 6.07 Å². The minimum absolute atomic E-state index is 0.0451. The molecule has 0 bridgehead atoms. The van der Waals surface area contributed by atoms with Crippen molar-refractivity contribution < 1.29 is 14.5 Å². The van der Waals surface area contributed by atoms with Crippen LogP contribution in [0.5, 0.6) is 0 Å². The van der Waals surface area contributed by atoms with Crippen LogP contribution in [0.15, 0.2) is 42.5 Å².